The van der Waals surface area contributed by atoms with Gasteiger partial charge in [0.2, 0.25) is 0 Å². The van der Waals surface area contributed by atoms with E-state index in [-0.39, 0.29) is 0 Å². The molecule has 1 saturated heterocycles. The zero-order valence-electron chi connectivity index (χ0n) is 12.5. The molecule has 0 radical (unpaired) electrons. The number of piperidine rings is 1. The van der Waals surface area contributed by atoms with Crippen molar-refractivity contribution in [1.82, 2.24) is 19.9 Å². The van der Waals surface area contributed by atoms with Crippen LogP contribution in [0.25, 0.3) is 0 Å². The lowest BCUT2D eigenvalue weighted by Crippen LogP contribution is -2.34. The highest BCUT2D eigenvalue weighted by atomic mass is 16.5. The van der Waals surface area contributed by atoms with Crippen molar-refractivity contribution in [3.05, 3.63) is 47.8 Å². The molecule has 0 aliphatic carbocycles. The minimum Gasteiger partial charge on any atom is -0.361 e. The Kier molecular flexibility index (Phi) is 4.62. The Labute approximate surface area is 125 Å². The summed E-state index contributed by atoms with van der Waals surface area (Å²) >= 11 is 0. The lowest BCUT2D eigenvalue weighted by atomic mass is 9.95. The summed E-state index contributed by atoms with van der Waals surface area (Å²) in [6.45, 7) is 3.65. The Morgan fingerprint density at radius 3 is 2.95 bits per heavy atom. The van der Waals surface area contributed by atoms with Crippen LogP contribution in [-0.2, 0) is 18.0 Å². The van der Waals surface area contributed by atoms with Gasteiger partial charge < -0.3 is 4.74 Å². The molecule has 0 saturated carbocycles. The number of nitrogens with zero attached hydrogens (tertiary/aromatic N) is 4. The van der Waals surface area contributed by atoms with Gasteiger partial charge in [0.05, 0.1) is 11.9 Å². The average molecular weight is 286 g/mol. The standard InChI is InChI=1S/C16H22N4O/c1-21-13-20-17-10-16(18-20)15-8-5-9-19(12-15)11-14-6-3-2-4-7-14/h2-4,6-7,10,15H,5,8-9,11-13H2,1H3/t15-/m0/s1. The molecule has 1 aromatic heterocycles. The maximum absolute atomic E-state index is 5.06. The van der Waals surface area contributed by atoms with Gasteiger partial charge in [-0.3, -0.25) is 4.90 Å². The summed E-state index contributed by atoms with van der Waals surface area (Å²) in [5, 5.41) is 8.77. The number of rotatable bonds is 5. The summed E-state index contributed by atoms with van der Waals surface area (Å²) < 4.78 is 5.06. The van der Waals surface area contributed by atoms with E-state index in [1.807, 2.05) is 6.20 Å². The van der Waals surface area contributed by atoms with E-state index in [4.69, 9.17) is 4.74 Å². The average Bonchev–Trinajstić information content (AvgIpc) is 2.98. The fourth-order valence-corrected chi connectivity index (χ4v) is 2.96. The number of hydrogen-bond acceptors (Lipinski definition) is 4. The summed E-state index contributed by atoms with van der Waals surface area (Å²) in [5.74, 6) is 0.480. The zero-order valence-corrected chi connectivity index (χ0v) is 12.5. The van der Waals surface area contributed by atoms with Crippen LogP contribution in [0.15, 0.2) is 36.5 Å². The molecule has 0 unspecified atom stereocenters. The first-order valence-corrected chi connectivity index (χ1v) is 7.50. The van der Waals surface area contributed by atoms with Gasteiger partial charge in [0.15, 0.2) is 6.73 Å². The maximum Gasteiger partial charge on any atom is 0.158 e. The fourth-order valence-electron chi connectivity index (χ4n) is 2.96. The minimum absolute atomic E-state index is 0.417. The van der Waals surface area contributed by atoms with Gasteiger partial charge in [0, 0.05) is 26.1 Å². The molecular formula is C16H22N4O. The van der Waals surface area contributed by atoms with Crippen LogP contribution < -0.4 is 0 Å². The molecule has 2 aromatic rings. The Morgan fingerprint density at radius 2 is 2.14 bits per heavy atom. The van der Waals surface area contributed by atoms with Gasteiger partial charge in [0.1, 0.15) is 0 Å². The van der Waals surface area contributed by atoms with Crippen LogP contribution in [0.1, 0.15) is 30.0 Å². The van der Waals surface area contributed by atoms with Crippen molar-refractivity contribution in [3.8, 4) is 0 Å². The predicted molar refractivity (Wildman–Crippen MR) is 80.7 cm³/mol. The Bertz CT molecular complexity index is 554. The van der Waals surface area contributed by atoms with Crippen LogP contribution in [0, 0.1) is 0 Å². The van der Waals surface area contributed by atoms with Crippen LogP contribution in [0.2, 0.25) is 0 Å². The number of likely N-dealkylation sites (tertiary alicyclic amines) is 1. The van der Waals surface area contributed by atoms with Crippen LogP contribution in [0.3, 0.4) is 0 Å². The molecule has 1 aliphatic heterocycles. The quantitative estimate of drug-likeness (QED) is 0.845. The van der Waals surface area contributed by atoms with Crippen molar-refractivity contribution in [2.45, 2.75) is 32.0 Å². The number of methoxy groups -OCH3 is 1. The minimum atomic E-state index is 0.417. The van der Waals surface area contributed by atoms with Gasteiger partial charge in [-0.15, -0.1) is 0 Å². The van der Waals surface area contributed by atoms with Crippen molar-refractivity contribution in [1.29, 1.82) is 0 Å². The Morgan fingerprint density at radius 1 is 1.29 bits per heavy atom. The summed E-state index contributed by atoms with van der Waals surface area (Å²) in [4.78, 5) is 4.13. The molecule has 1 aliphatic rings. The normalized spacial score (nSPS) is 19.8. The molecule has 112 valence electrons. The first-order valence-electron chi connectivity index (χ1n) is 7.50. The summed E-state index contributed by atoms with van der Waals surface area (Å²) in [6, 6.07) is 10.7. The third-order valence-corrected chi connectivity index (χ3v) is 3.97. The van der Waals surface area contributed by atoms with Crippen molar-refractivity contribution >= 4 is 0 Å². The van der Waals surface area contributed by atoms with Crippen molar-refractivity contribution < 1.29 is 4.74 Å². The van der Waals surface area contributed by atoms with Gasteiger partial charge in [-0.25, -0.2) is 0 Å². The van der Waals surface area contributed by atoms with E-state index >= 15 is 0 Å². The molecule has 1 aromatic carbocycles. The second-order valence-electron chi connectivity index (χ2n) is 5.62. The highest BCUT2D eigenvalue weighted by Crippen LogP contribution is 2.26. The topological polar surface area (TPSA) is 43.2 Å². The molecule has 5 heteroatoms. The molecule has 0 bridgehead atoms. The monoisotopic (exact) mass is 286 g/mol. The third kappa shape index (κ3) is 3.68. The Hall–Kier alpha value is -1.72. The highest BCUT2D eigenvalue weighted by molar-refractivity contribution is 5.15. The van der Waals surface area contributed by atoms with Crippen LogP contribution in [0.4, 0.5) is 0 Å². The van der Waals surface area contributed by atoms with E-state index in [1.165, 1.54) is 18.4 Å². The van der Waals surface area contributed by atoms with Crippen molar-refractivity contribution in [2.24, 2.45) is 0 Å². The molecule has 0 amide bonds. The van der Waals surface area contributed by atoms with Crippen LogP contribution >= 0.6 is 0 Å². The maximum atomic E-state index is 5.06. The van der Waals surface area contributed by atoms with E-state index in [9.17, 15) is 0 Å². The van der Waals surface area contributed by atoms with Crippen LogP contribution in [-0.4, -0.2) is 40.1 Å². The second kappa shape index (κ2) is 6.83. The predicted octanol–water partition coefficient (Wildman–Crippen LogP) is 2.26. The lowest BCUT2D eigenvalue weighted by molar-refractivity contribution is 0.107. The molecule has 2 heterocycles. The smallest absolute Gasteiger partial charge is 0.158 e. The van der Waals surface area contributed by atoms with E-state index in [1.54, 1.807) is 11.9 Å². The first kappa shape index (κ1) is 14.2. The second-order valence-corrected chi connectivity index (χ2v) is 5.62. The summed E-state index contributed by atoms with van der Waals surface area (Å²) in [6.07, 6.45) is 4.29. The van der Waals surface area contributed by atoms with E-state index in [0.29, 0.717) is 12.6 Å². The molecule has 1 atom stereocenters. The lowest BCUT2D eigenvalue weighted by Gasteiger charge is -2.31. The molecule has 3 rings (SSSR count). The van der Waals surface area contributed by atoms with Gasteiger partial charge in [-0.1, -0.05) is 30.3 Å². The number of aromatic nitrogens is 3. The number of benzene rings is 1. The van der Waals surface area contributed by atoms with Crippen LogP contribution in [0.5, 0.6) is 0 Å². The van der Waals surface area contributed by atoms with Crippen molar-refractivity contribution in [3.63, 3.8) is 0 Å². The molecule has 5 nitrogen and oxygen atoms in total. The van der Waals surface area contributed by atoms with E-state index in [2.05, 4.69) is 45.4 Å². The zero-order chi connectivity index (χ0) is 14.5. The number of hydrogen-bond donors (Lipinski definition) is 0. The Balaban J connectivity index is 1.62. The summed E-state index contributed by atoms with van der Waals surface area (Å²) in [7, 11) is 1.66. The third-order valence-electron chi connectivity index (χ3n) is 3.97. The SMILES string of the molecule is COCn1ncc([C@H]2CCCN(Cc3ccccc3)C2)n1. The largest absolute Gasteiger partial charge is 0.361 e. The molecular weight excluding hydrogens is 264 g/mol. The molecule has 1 fully saturated rings. The number of ether oxygens (including phenoxy) is 1. The van der Waals surface area contributed by atoms with Gasteiger partial charge >= 0.3 is 0 Å². The van der Waals surface area contributed by atoms with E-state index < -0.39 is 0 Å². The van der Waals surface area contributed by atoms with Gasteiger partial charge in [-0.05, 0) is 24.9 Å². The fraction of sp³-hybridized carbons (Fsp3) is 0.500. The van der Waals surface area contributed by atoms with Gasteiger partial charge in [0.25, 0.3) is 0 Å². The highest BCUT2D eigenvalue weighted by Gasteiger charge is 2.23. The summed E-state index contributed by atoms with van der Waals surface area (Å²) in [5.41, 5.74) is 2.46. The molecule has 0 N–H and O–H groups in total. The van der Waals surface area contributed by atoms with E-state index in [0.717, 1.165) is 25.3 Å². The molecule has 0 spiro atoms. The van der Waals surface area contributed by atoms with Gasteiger partial charge in [-0.2, -0.15) is 15.0 Å². The molecule has 21 heavy (non-hydrogen) atoms. The first-order chi connectivity index (χ1) is 10.3. The van der Waals surface area contributed by atoms with Crippen molar-refractivity contribution in [2.75, 3.05) is 20.2 Å².